The topological polar surface area (TPSA) is 49.4 Å². The highest BCUT2D eigenvalue weighted by Gasteiger charge is 2.40. The molecule has 27 heavy (non-hydrogen) atoms. The summed E-state index contributed by atoms with van der Waals surface area (Å²) < 4.78 is 39.2. The number of halogens is 3. The first-order valence-corrected chi connectivity index (χ1v) is 9.36. The lowest BCUT2D eigenvalue weighted by Crippen LogP contribution is -2.36. The molecule has 0 saturated carbocycles. The Hall–Kier alpha value is -2.05. The minimum Gasteiger partial charge on any atom is -0.356 e. The molecule has 0 bridgehead atoms. The molecule has 2 rings (SSSR count). The molecule has 150 valence electrons. The van der Waals surface area contributed by atoms with Crippen LogP contribution in [0.4, 0.5) is 13.2 Å². The smallest absolute Gasteiger partial charge is 0.356 e. The number of alkyl halides is 3. The van der Waals surface area contributed by atoms with Crippen molar-refractivity contribution in [3.8, 4) is 0 Å². The van der Waals surface area contributed by atoms with Crippen molar-refractivity contribution in [1.29, 1.82) is 0 Å². The number of benzene rings is 1. The number of nitrogens with zero attached hydrogens (tertiary/aromatic N) is 1. The van der Waals surface area contributed by atoms with Crippen LogP contribution in [0.15, 0.2) is 24.3 Å². The van der Waals surface area contributed by atoms with E-state index in [1.54, 1.807) is 17.9 Å². The Morgan fingerprint density at radius 2 is 1.96 bits per heavy atom. The molecule has 2 atom stereocenters. The van der Waals surface area contributed by atoms with E-state index in [2.05, 4.69) is 19.2 Å². The predicted molar refractivity (Wildman–Crippen MR) is 97.0 cm³/mol. The van der Waals surface area contributed by atoms with Gasteiger partial charge < -0.3 is 10.2 Å². The second-order valence-corrected chi connectivity index (χ2v) is 7.46. The summed E-state index contributed by atoms with van der Waals surface area (Å²) in [6, 6.07) is 5.08. The highest BCUT2D eigenvalue weighted by molar-refractivity contribution is 5.83. The van der Waals surface area contributed by atoms with Crippen LogP contribution < -0.4 is 5.32 Å². The molecule has 4 nitrogen and oxygen atoms in total. The lowest BCUT2D eigenvalue weighted by Gasteiger charge is -2.19. The fraction of sp³-hybridized carbons (Fsp3) is 0.600. The first-order chi connectivity index (χ1) is 12.6. The zero-order chi connectivity index (χ0) is 20.2. The number of nitrogens with one attached hydrogen (secondary N) is 1. The van der Waals surface area contributed by atoms with Crippen molar-refractivity contribution in [1.82, 2.24) is 10.2 Å². The number of rotatable bonds is 6. The van der Waals surface area contributed by atoms with E-state index < -0.39 is 23.6 Å². The zero-order valence-corrected chi connectivity index (χ0v) is 16.0. The van der Waals surface area contributed by atoms with Crippen molar-refractivity contribution in [3.05, 3.63) is 35.4 Å². The Balaban J connectivity index is 2.24. The molecule has 1 N–H and O–H groups in total. The normalized spacial score (nSPS) is 20.2. The first kappa shape index (κ1) is 21.3. The molecule has 2 amide bonds. The Bertz CT molecular complexity index is 673. The molecule has 0 spiro atoms. The second kappa shape index (κ2) is 8.76. The molecule has 1 heterocycles. The maximum Gasteiger partial charge on any atom is 0.416 e. The summed E-state index contributed by atoms with van der Waals surface area (Å²) in [6.45, 7) is 6.85. The van der Waals surface area contributed by atoms with Crippen LogP contribution in [0.2, 0.25) is 0 Å². The van der Waals surface area contributed by atoms with E-state index in [1.807, 2.05) is 0 Å². The lowest BCUT2D eigenvalue weighted by atomic mass is 9.87. The van der Waals surface area contributed by atoms with Gasteiger partial charge in [-0.1, -0.05) is 39.0 Å². The standard InChI is InChI=1S/C20H27F3N2O2/c1-4-18(26)25-11-16(14-6-5-7-15(10-14)20(21,22)23)17(12-25)19(27)24-9-8-13(2)3/h5-7,10,13,16-17H,4,8-9,11-12H2,1-3H3,(H,24,27)/t16-,17+/m1/s1. The maximum absolute atomic E-state index is 13.1. The molecule has 1 fully saturated rings. The van der Waals surface area contributed by atoms with Crippen molar-refractivity contribution in [3.63, 3.8) is 0 Å². The van der Waals surface area contributed by atoms with Crippen LogP contribution in [0, 0.1) is 11.8 Å². The fourth-order valence-electron chi connectivity index (χ4n) is 3.40. The van der Waals surface area contributed by atoms with Gasteiger partial charge in [0, 0.05) is 32.0 Å². The van der Waals surface area contributed by atoms with Crippen molar-refractivity contribution in [2.45, 2.75) is 45.7 Å². The number of likely N-dealkylation sites (tertiary alicyclic amines) is 1. The summed E-state index contributed by atoms with van der Waals surface area (Å²) in [6.07, 6.45) is -3.32. The van der Waals surface area contributed by atoms with Gasteiger partial charge in [0.05, 0.1) is 11.5 Å². The van der Waals surface area contributed by atoms with E-state index in [0.29, 0.717) is 24.4 Å². The Labute approximate surface area is 158 Å². The highest BCUT2D eigenvalue weighted by atomic mass is 19.4. The molecule has 1 aliphatic rings. The quantitative estimate of drug-likeness (QED) is 0.811. The van der Waals surface area contributed by atoms with Crippen molar-refractivity contribution in [2.24, 2.45) is 11.8 Å². The third-order valence-corrected chi connectivity index (χ3v) is 4.97. The summed E-state index contributed by atoms with van der Waals surface area (Å²) in [4.78, 5) is 26.4. The van der Waals surface area contributed by atoms with Gasteiger partial charge in [0.2, 0.25) is 11.8 Å². The van der Waals surface area contributed by atoms with Gasteiger partial charge in [0.1, 0.15) is 0 Å². The van der Waals surface area contributed by atoms with Crippen LogP contribution in [-0.2, 0) is 15.8 Å². The van der Waals surface area contributed by atoms with Crippen LogP contribution in [0.3, 0.4) is 0 Å². The SMILES string of the molecule is CCC(=O)N1C[C@H](C(=O)NCCC(C)C)[C@@H](c2cccc(C(F)(F)F)c2)C1. The van der Waals surface area contributed by atoms with Crippen LogP contribution in [-0.4, -0.2) is 36.3 Å². The first-order valence-electron chi connectivity index (χ1n) is 9.36. The lowest BCUT2D eigenvalue weighted by molar-refractivity contribution is -0.137. The minimum atomic E-state index is -4.44. The maximum atomic E-state index is 13.1. The van der Waals surface area contributed by atoms with E-state index in [1.165, 1.54) is 6.07 Å². The Kier molecular flexibility index (Phi) is 6.89. The fourth-order valence-corrected chi connectivity index (χ4v) is 3.40. The Morgan fingerprint density at radius 3 is 2.56 bits per heavy atom. The number of carbonyl (C=O) groups is 2. The van der Waals surface area contributed by atoms with Gasteiger partial charge in [-0.05, 0) is 24.0 Å². The van der Waals surface area contributed by atoms with Crippen LogP contribution in [0.25, 0.3) is 0 Å². The van der Waals surface area contributed by atoms with E-state index in [0.717, 1.165) is 18.6 Å². The Morgan fingerprint density at radius 1 is 1.26 bits per heavy atom. The summed E-state index contributed by atoms with van der Waals surface area (Å²) >= 11 is 0. The largest absolute Gasteiger partial charge is 0.416 e. The van der Waals surface area contributed by atoms with Gasteiger partial charge in [0.15, 0.2) is 0 Å². The highest BCUT2D eigenvalue weighted by Crippen LogP contribution is 2.36. The molecular weight excluding hydrogens is 357 g/mol. The monoisotopic (exact) mass is 384 g/mol. The predicted octanol–water partition coefficient (Wildman–Crippen LogP) is 3.82. The van der Waals surface area contributed by atoms with Crippen LogP contribution >= 0.6 is 0 Å². The third kappa shape index (κ3) is 5.47. The molecule has 0 aliphatic carbocycles. The number of hydrogen-bond donors (Lipinski definition) is 1. The minimum absolute atomic E-state index is 0.0931. The molecule has 1 aromatic rings. The van der Waals surface area contributed by atoms with Gasteiger partial charge in [-0.2, -0.15) is 13.2 Å². The van der Waals surface area contributed by atoms with Crippen LogP contribution in [0.5, 0.6) is 0 Å². The third-order valence-electron chi connectivity index (χ3n) is 4.97. The van der Waals surface area contributed by atoms with Crippen molar-refractivity contribution < 1.29 is 22.8 Å². The molecule has 7 heteroatoms. The van der Waals surface area contributed by atoms with Gasteiger partial charge in [-0.15, -0.1) is 0 Å². The molecular formula is C20H27F3N2O2. The van der Waals surface area contributed by atoms with E-state index in [-0.39, 0.29) is 24.9 Å². The molecule has 0 unspecified atom stereocenters. The molecule has 1 aliphatic heterocycles. The number of amides is 2. The average Bonchev–Trinajstić information content (AvgIpc) is 3.05. The molecule has 0 aromatic heterocycles. The van der Waals surface area contributed by atoms with Gasteiger partial charge in [-0.25, -0.2) is 0 Å². The van der Waals surface area contributed by atoms with Crippen molar-refractivity contribution in [2.75, 3.05) is 19.6 Å². The molecule has 1 saturated heterocycles. The average molecular weight is 384 g/mol. The van der Waals surface area contributed by atoms with Gasteiger partial charge in [0.25, 0.3) is 0 Å². The van der Waals surface area contributed by atoms with Gasteiger partial charge in [-0.3, -0.25) is 9.59 Å². The summed E-state index contributed by atoms with van der Waals surface area (Å²) in [5.74, 6) is -0.849. The summed E-state index contributed by atoms with van der Waals surface area (Å²) in [7, 11) is 0. The van der Waals surface area contributed by atoms with Crippen LogP contribution in [0.1, 0.15) is 50.7 Å². The zero-order valence-electron chi connectivity index (χ0n) is 16.0. The van der Waals surface area contributed by atoms with E-state index in [9.17, 15) is 22.8 Å². The van der Waals surface area contributed by atoms with E-state index in [4.69, 9.17) is 0 Å². The number of hydrogen-bond acceptors (Lipinski definition) is 2. The summed E-state index contributed by atoms with van der Waals surface area (Å²) in [5, 5.41) is 2.88. The van der Waals surface area contributed by atoms with Gasteiger partial charge >= 0.3 is 6.18 Å². The number of carbonyl (C=O) groups excluding carboxylic acids is 2. The second-order valence-electron chi connectivity index (χ2n) is 7.46. The summed E-state index contributed by atoms with van der Waals surface area (Å²) in [5.41, 5.74) is -0.292. The molecule has 1 aromatic carbocycles. The molecule has 0 radical (unpaired) electrons. The van der Waals surface area contributed by atoms with E-state index >= 15 is 0 Å². The van der Waals surface area contributed by atoms with Crippen molar-refractivity contribution >= 4 is 11.8 Å².